The van der Waals surface area contributed by atoms with E-state index in [1.165, 1.54) is 11.1 Å². The van der Waals surface area contributed by atoms with Crippen LogP contribution < -0.4 is 10.5 Å². The van der Waals surface area contributed by atoms with Crippen LogP contribution in [-0.4, -0.2) is 6.54 Å². The fourth-order valence-electron chi connectivity index (χ4n) is 2.08. The molecule has 0 aliphatic heterocycles. The van der Waals surface area contributed by atoms with Gasteiger partial charge in [-0.05, 0) is 62.2 Å². The van der Waals surface area contributed by atoms with E-state index < -0.39 is 0 Å². The van der Waals surface area contributed by atoms with Crippen LogP contribution in [0.2, 0.25) is 0 Å². The standard InChI is InChI=1S/C16H21NO2/c1-12-8-13(2)10-16(9-12)18-11-15-6-5-14(19-15)4-3-7-17/h5-6,8-10H,3-4,7,11,17H2,1-2H3. The predicted octanol–water partition coefficient (Wildman–Crippen LogP) is 3.37. The van der Waals surface area contributed by atoms with Gasteiger partial charge in [0.25, 0.3) is 0 Å². The van der Waals surface area contributed by atoms with Crippen LogP contribution in [0.1, 0.15) is 29.1 Å². The van der Waals surface area contributed by atoms with Gasteiger partial charge in [-0.15, -0.1) is 0 Å². The Morgan fingerprint density at radius 2 is 1.74 bits per heavy atom. The first kappa shape index (κ1) is 13.7. The number of rotatable bonds is 6. The third-order valence-electron chi connectivity index (χ3n) is 2.92. The van der Waals surface area contributed by atoms with E-state index in [1.807, 2.05) is 24.3 Å². The molecule has 0 unspecified atom stereocenters. The minimum Gasteiger partial charge on any atom is -0.486 e. The second-order valence-corrected chi connectivity index (χ2v) is 4.87. The fraction of sp³-hybridized carbons (Fsp3) is 0.375. The Morgan fingerprint density at radius 1 is 1.05 bits per heavy atom. The third-order valence-corrected chi connectivity index (χ3v) is 2.92. The molecule has 1 heterocycles. The minimum absolute atomic E-state index is 0.464. The van der Waals surface area contributed by atoms with Crippen LogP contribution >= 0.6 is 0 Å². The molecule has 2 rings (SSSR count). The van der Waals surface area contributed by atoms with E-state index >= 15 is 0 Å². The molecule has 3 heteroatoms. The summed E-state index contributed by atoms with van der Waals surface area (Å²) < 4.78 is 11.4. The first-order valence-corrected chi connectivity index (χ1v) is 6.66. The Morgan fingerprint density at radius 3 is 2.42 bits per heavy atom. The molecule has 1 aromatic heterocycles. The quantitative estimate of drug-likeness (QED) is 0.865. The minimum atomic E-state index is 0.464. The van der Waals surface area contributed by atoms with Crippen molar-refractivity contribution in [1.29, 1.82) is 0 Å². The summed E-state index contributed by atoms with van der Waals surface area (Å²) in [6.07, 6.45) is 1.84. The number of furan rings is 1. The van der Waals surface area contributed by atoms with Gasteiger partial charge < -0.3 is 14.9 Å². The van der Waals surface area contributed by atoms with Crippen LogP contribution in [-0.2, 0) is 13.0 Å². The Kier molecular flexibility index (Phi) is 4.63. The second-order valence-electron chi connectivity index (χ2n) is 4.87. The first-order chi connectivity index (χ1) is 9.17. The highest BCUT2D eigenvalue weighted by molar-refractivity contribution is 5.33. The zero-order valence-electron chi connectivity index (χ0n) is 11.6. The second kappa shape index (κ2) is 6.43. The van der Waals surface area contributed by atoms with Crippen molar-refractivity contribution in [2.75, 3.05) is 6.54 Å². The van der Waals surface area contributed by atoms with Crippen LogP contribution in [0.3, 0.4) is 0 Å². The van der Waals surface area contributed by atoms with Gasteiger partial charge in [0.05, 0.1) is 0 Å². The average molecular weight is 259 g/mol. The van der Waals surface area contributed by atoms with Crippen LogP contribution in [0.15, 0.2) is 34.7 Å². The van der Waals surface area contributed by atoms with E-state index in [2.05, 4.69) is 19.9 Å². The van der Waals surface area contributed by atoms with Gasteiger partial charge in [0.1, 0.15) is 23.9 Å². The van der Waals surface area contributed by atoms with E-state index in [-0.39, 0.29) is 0 Å². The molecular formula is C16H21NO2. The molecular weight excluding hydrogens is 238 g/mol. The summed E-state index contributed by atoms with van der Waals surface area (Å²) in [5.74, 6) is 2.72. The highest BCUT2D eigenvalue weighted by Gasteiger charge is 2.03. The van der Waals surface area contributed by atoms with Gasteiger partial charge in [0, 0.05) is 6.42 Å². The molecule has 0 atom stereocenters. The predicted molar refractivity (Wildman–Crippen MR) is 76.3 cm³/mol. The van der Waals surface area contributed by atoms with Crippen LogP contribution in [0, 0.1) is 13.8 Å². The van der Waals surface area contributed by atoms with Gasteiger partial charge in [-0.1, -0.05) is 6.07 Å². The van der Waals surface area contributed by atoms with Crippen molar-refractivity contribution in [2.24, 2.45) is 5.73 Å². The highest BCUT2D eigenvalue weighted by atomic mass is 16.5. The molecule has 0 radical (unpaired) electrons. The number of aryl methyl sites for hydroxylation is 3. The topological polar surface area (TPSA) is 48.4 Å². The molecule has 0 fully saturated rings. The number of ether oxygens (including phenoxy) is 1. The smallest absolute Gasteiger partial charge is 0.146 e. The van der Waals surface area contributed by atoms with E-state index in [0.717, 1.165) is 30.1 Å². The van der Waals surface area contributed by atoms with Gasteiger partial charge in [-0.25, -0.2) is 0 Å². The molecule has 0 aliphatic carbocycles. The van der Waals surface area contributed by atoms with Crippen molar-refractivity contribution in [3.8, 4) is 5.75 Å². The summed E-state index contributed by atoms with van der Waals surface area (Å²) in [5.41, 5.74) is 7.89. The van der Waals surface area contributed by atoms with Gasteiger partial charge in [-0.2, -0.15) is 0 Å². The average Bonchev–Trinajstić information content (AvgIpc) is 2.81. The SMILES string of the molecule is Cc1cc(C)cc(OCc2ccc(CCCN)o2)c1. The lowest BCUT2D eigenvalue weighted by atomic mass is 10.1. The third kappa shape index (κ3) is 4.14. The van der Waals surface area contributed by atoms with Crippen molar-refractivity contribution < 1.29 is 9.15 Å². The summed E-state index contributed by atoms with van der Waals surface area (Å²) in [6, 6.07) is 10.2. The normalized spacial score (nSPS) is 10.7. The highest BCUT2D eigenvalue weighted by Crippen LogP contribution is 2.18. The zero-order chi connectivity index (χ0) is 13.7. The molecule has 0 amide bonds. The van der Waals surface area contributed by atoms with Gasteiger partial charge in [-0.3, -0.25) is 0 Å². The monoisotopic (exact) mass is 259 g/mol. The first-order valence-electron chi connectivity index (χ1n) is 6.66. The van der Waals surface area contributed by atoms with E-state index in [1.54, 1.807) is 0 Å². The maximum Gasteiger partial charge on any atom is 0.146 e. The molecule has 0 bridgehead atoms. The van der Waals surface area contributed by atoms with Crippen molar-refractivity contribution in [1.82, 2.24) is 0 Å². The van der Waals surface area contributed by atoms with E-state index in [0.29, 0.717) is 13.2 Å². The lowest BCUT2D eigenvalue weighted by molar-refractivity contribution is 0.265. The molecule has 2 aromatic rings. The molecule has 0 saturated heterocycles. The fourth-order valence-corrected chi connectivity index (χ4v) is 2.08. The largest absolute Gasteiger partial charge is 0.486 e. The van der Waals surface area contributed by atoms with Crippen molar-refractivity contribution >= 4 is 0 Å². The molecule has 0 aliphatic rings. The summed E-state index contributed by atoms with van der Waals surface area (Å²) in [4.78, 5) is 0. The number of benzene rings is 1. The maximum absolute atomic E-state index is 5.75. The number of hydrogen-bond acceptors (Lipinski definition) is 3. The van der Waals surface area contributed by atoms with Crippen molar-refractivity contribution in [3.63, 3.8) is 0 Å². The summed E-state index contributed by atoms with van der Waals surface area (Å²) >= 11 is 0. The van der Waals surface area contributed by atoms with Crippen molar-refractivity contribution in [2.45, 2.75) is 33.3 Å². The summed E-state index contributed by atoms with van der Waals surface area (Å²) in [5, 5.41) is 0. The van der Waals surface area contributed by atoms with Crippen molar-refractivity contribution in [3.05, 3.63) is 53.0 Å². The Labute approximate surface area is 114 Å². The molecule has 0 saturated carbocycles. The Hall–Kier alpha value is -1.74. The molecule has 0 spiro atoms. The molecule has 19 heavy (non-hydrogen) atoms. The Balaban J connectivity index is 1.92. The van der Waals surface area contributed by atoms with Crippen LogP contribution in [0.5, 0.6) is 5.75 Å². The Bertz CT molecular complexity index is 511. The molecule has 1 aromatic carbocycles. The molecule has 102 valence electrons. The lowest BCUT2D eigenvalue weighted by Gasteiger charge is -2.06. The molecule has 2 N–H and O–H groups in total. The zero-order valence-corrected chi connectivity index (χ0v) is 11.6. The van der Waals surface area contributed by atoms with Crippen LogP contribution in [0.25, 0.3) is 0 Å². The van der Waals surface area contributed by atoms with E-state index in [4.69, 9.17) is 14.9 Å². The maximum atomic E-state index is 5.75. The van der Waals surface area contributed by atoms with Crippen LogP contribution in [0.4, 0.5) is 0 Å². The number of nitrogens with two attached hydrogens (primary N) is 1. The summed E-state index contributed by atoms with van der Waals surface area (Å²) in [6.45, 7) is 5.29. The molecule has 3 nitrogen and oxygen atoms in total. The summed E-state index contributed by atoms with van der Waals surface area (Å²) in [7, 11) is 0. The van der Waals surface area contributed by atoms with Gasteiger partial charge in [0.15, 0.2) is 0 Å². The van der Waals surface area contributed by atoms with E-state index in [9.17, 15) is 0 Å². The van der Waals surface area contributed by atoms with Gasteiger partial charge >= 0.3 is 0 Å². The number of hydrogen-bond donors (Lipinski definition) is 1. The lowest BCUT2D eigenvalue weighted by Crippen LogP contribution is -1.99. The van der Waals surface area contributed by atoms with Gasteiger partial charge in [0.2, 0.25) is 0 Å².